The molecule has 2 N–H and O–H groups in total. The van der Waals surface area contributed by atoms with Crippen LogP contribution >= 0.6 is 0 Å². The number of nitrogens with zero attached hydrogens (tertiary/aromatic N) is 1. The van der Waals surface area contributed by atoms with Crippen LogP contribution in [0.1, 0.15) is 31.7 Å². The van der Waals surface area contributed by atoms with Gasteiger partial charge in [0.05, 0.1) is 17.5 Å². The summed E-state index contributed by atoms with van der Waals surface area (Å²) in [5.41, 5.74) is 3.10. The van der Waals surface area contributed by atoms with Crippen LogP contribution in [0.5, 0.6) is 0 Å². The first kappa shape index (κ1) is 11.4. The predicted octanol–water partition coefficient (Wildman–Crippen LogP) is 2.27. The summed E-state index contributed by atoms with van der Waals surface area (Å²) in [6.45, 7) is 8.19. The lowest BCUT2D eigenvalue weighted by Crippen LogP contribution is -2.57. The van der Waals surface area contributed by atoms with Gasteiger partial charge in [-0.2, -0.15) is 0 Å². The molecule has 0 aliphatic heterocycles. The first-order valence-corrected chi connectivity index (χ1v) is 5.80. The fourth-order valence-electron chi connectivity index (χ4n) is 2.17. The summed E-state index contributed by atoms with van der Waals surface area (Å²) in [6, 6.07) is 4.42. The molecule has 0 amide bonds. The van der Waals surface area contributed by atoms with Crippen molar-refractivity contribution in [1.29, 1.82) is 0 Å². The zero-order valence-corrected chi connectivity index (χ0v) is 10.4. The van der Waals surface area contributed by atoms with E-state index >= 15 is 0 Å². The Morgan fingerprint density at radius 1 is 1.38 bits per heavy atom. The number of hydrogen-bond acceptors (Lipinski definition) is 3. The van der Waals surface area contributed by atoms with Crippen molar-refractivity contribution in [3.8, 4) is 0 Å². The lowest BCUT2D eigenvalue weighted by molar-refractivity contribution is -0.0510. The Kier molecular flexibility index (Phi) is 2.66. The first-order valence-electron chi connectivity index (χ1n) is 5.80. The Morgan fingerprint density at radius 3 is 2.56 bits per heavy atom. The Morgan fingerprint density at radius 2 is 2.06 bits per heavy atom. The Bertz CT molecular complexity index is 401. The third-order valence-electron chi connectivity index (χ3n) is 3.77. The van der Waals surface area contributed by atoms with Gasteiger partial charge in [-0.3, -0.25) is 4.98 Å². The summed E-state index contributed by atoms with van der Waals surface area (Å²) in [5, 5.41) is 13.2. The van der Waals surface area contributed by atoms with E-state index in [0.29, 0.717) is 6.04 Å². The van der Waals surface area contributed by atoms with Crippen molar-refractivity contribution in [3.05, 3.63) is 23.5 Å². The maximum absolute atomic E-state index is 9.68. The van der Waals surface area contributed by atoms with E-state index in [2.05, 4.69) is 30.2 Å². The molecule has 1 aromatic heterocycles. The summed E-state index contributed by atoms with van der Waals surface area (Å²) < 4.78 is 0. The van der Waals surface area contributed by atoms with E-state index in [-0.39, 0.29) is 11.5 Å². The van der Waals surface area contributed by atoms with Crippen LogP contribution in [0.25, 0.3) is 0 Å². The van der Waals surface area contributed by atoms with Crippen LogP contribution in [0.15, 0.2) is 12.1 Å². The van der Waals surface area contributed by atoms with Crippen molar-refractivity contribution in [2.45, 2.75) is 46.3 Å². The van der Waals surface area contributed by atoms with E-state index in [4.69, 9.17) is 0 Å². The lowest BCUT2D eigenvalue weighted by atomic mass is 9.64. The molecule has 1 aromatic rings. The zero-order valence-electron chi connectivity index (χ0n) is 10.4. The van der Waals surface area contributed by atoms with Crippen molar-refractivity contribution >= 4 is 5.69 Å². The molecule has 0 spiro atoms. The molecule has 2 atom stereocenters. The van der Waals surface area contributed by atoms with Gasteiger partial charge in [-0.1, -0.05) is 13.8 Å². The molecule has 0 radical (unpaired) electrons. The number of hydrogen-bond donors (Lipinski definition) is 2. The number of rotatable bonds is 2. The summed E-state index contributed by atoms with van der Waals surface area (Å²) in [6.07, 6.45) is 0.629. The minimum absolute atomic E-state index is 0.0443. The summed E-state index contributed by atoms with van der Waals surface area (Å²) >= 11 is 0. The maximum Gasteiger partial charge on any atom is 0.0630 e. The first-order chi connectivity index (χ1) is 7.41. The standard InChI is InChI=1S/C13H20N2O/c1-8-5-6-10(9(2)14-8)15-11-7-12(16)13(11,3)4/h5-6,11-12,15-16H,7H2,1-4H3. The van der Waals surface area contributed by atoms with E-state index in [0.717, 1.165) is 23.5 Å². The number of aryl methyl sites for hydroxylation is 2. The molecule has 0 aromatic carbocycles. The van der Waals surface area contributed by atoms with Crippen molar-refractivity contribution in [2.24, 2.45) is 5.41 Å². The molecule has 1 heterocycles. The molecule has 3 heteroatoms. The van der Waals surface area contributed by atoms with Gasteiger partial charge in [0.1, 0.15) is 0 Å². The highest BCUT2D eigenvalue weighted by Gasteiger charge is 2.47. The quantitative estimate of drug-likeness (QED) is 0.803. The fourth-order valence-corrected chi connectivity index (χ4v) is 2.17. The molecule has 88 valence electrons. The Labute approximate surface area is 96.9 Å². The number of aliphatic hydroxyl groups is 1. The summed E-state index contributed by atoms with van der Waals surface area (Å²) in [4.78, 5) is 4.43. The van der Waals surface area contributed by atoms with E-state index in [9.17, 15) is 5.11 Å². The molecule has 1 saturated carbocycles. The van der Waals surface area contributed by atoms with Gasteiger partial charge in [-0.25, -0.2) is 0 Å². The topological polar surface area (TPSA) is 45.1 Å². The van der Waals surface area contributed by atoms with Crippen LogP contribution in [0.4, 0.5) is 5.69 Å². The zero-order chi connectivity index (χ0) is 11.9. The van der Waals surface area contributed by atoms with Crippen molar-refractivity contribution in [1.82, 2.24) is 4.98 Å². The van der Waals surface area contributed by atoms with Gasteiger partial charge in [-0.05, 0) is 32.4 Å². The van der Waals surface area contributed by atoms with Crippen LogP contribution in [-0.4, -0.2) is 22.2 Å². The second-order valence-corrected chi connectivity index (χ2v) is 5.36. The van der Waals surface area contributed by atoms with Gasteiger partial charge in [0, 0.05) is 17.2 Å². The average Bonchev–Trinajstić information content (AvgIpc) is 2.21. The van der Waals surface area contributed by atoms with E-state index < -0.39 is 0 Å². The number of aliphatic hydroxyl groups excluding tert-OH is 1. The molecule has 2 rings (SSSR count). The van der Waals surface area contributed by atoms with Crippen molar-refractivity contribution < 1.29 is 5.11 Å². The largest absolute Gasteiger partial charge is 0.392 e. The van der Waals surface area contributed by atoms with Gasteiger partial charge < -0.3 is 10.4 Å². The van der Waals surface area contributed by atoms with Crippen LogP contribution in [0.3, 0.4) is 0 Å². The number of aromatic nitrogens is 1. The average molecular weight is 220 g/mol. The summed E-state index contributed by atoms with van der Waals surface area (Å²) in [5.74, 6) is 0. The van der Waals surface area contributed by atoms with Gasteiger partial charge >= 0.3 is 0 Å². The van der Waals surface area contributed by atoms with Gasteiger partial charge in [0.2, 0.25) is 0 Å². The third-order valence-corrected chi connectivity index (χ3v) is 3.77. The van der Waals surface area contributed by atoms with Crippen LogP contribution in [0, 0.1) is 19.3 Å². The van der Waals surface area contributed by atoms with Crippen molar-refractivity contribution in [3.63, 3.8) is 0 Å². The van der Waals surface area contributed by atoms with Crippen LogP contribution in [-0.2, 0) is 0 Å². The van der Waals surface area contributed by atoms with E-state index in [1.807, 2.05) is 19.9 Å². The van der Waals surface area contributed by atoms with Gasteiger partial charge in [0.15, 0.2) is 0 Å². The number of pyridine rings is 1. The minimum atomic E-state index is -0.191. The van der Waals surface area contributed by atoms with Gasteiger partial charge in [-0.15, -0.1) is 0 Å². The number of anilines is 1. The molecule has 16 heavy (non-hydrogen) atoms. The smallest absolute Gasteiger partial charge is 0.0630 e. The molecule has 1 aliphatic carbocycles. The lowest BCUT2D eigenvalue weighted by Gasteiger charge is -2.50. The monoisotopic (exact) mass is 220 g/mol. The fraction of sp³-hybridized carbons (Fsp3) is 0.615. The molecule has 1 aliphatic rings. The molecular formula is C13H20N2O. The molecule has 3 nitrogen and oxygen atoms in total. The second-order valence-electron chi connectivity index (χ2n) is 5.36. The molecular weight excluding hydrogens is 200 g/mol. The number of nitrogens with one attached hydrogen (secondary N) is 1. The SMILES string of the molecule is Cc1ccc(NC2CC(O)C2(C)C)c(C)n1. The van der Waals surface area contributed by atoms with Gasteiger partial charge in [0.25, 0.3) is 0 Å². The molecule has 0 saturated heterocycles. The third kappa shape index (κ3) is 1.80. The van der Waals surface area contributed by atoms with Crippen molar-refractivity contribution in [2.75, 3.05) is 5.32 Å². The minimum Gasteiger partial charge on any atom is -0.392 e. The second kappa shape index (κ2) is 3.74. The van der Waals surface area contributed by atoms with E-state index in [1.165, 1.54) is 0 Å². The molecule has 1 fully saturated rings. The highest BCUT2D eigenvalue weighted by atomic mass is 16.3. The molecule has 0 bridgehead atoms. The van der Waals surface area contributed by atoms with Crippen LogP contribution < -0.4 is 5.32 Å². The van der Waals surface area contributed by atoms with Crippen LogP contribution in [0.2, 0.25) is 0 Å². The highest BCUT2D eigenvalue weighted by Crippen LogP contribution is 2.42. The predicted molar refractivity (Wildman–Crippen MR) is 65.5 cm³/mol. The maximum atomic E-state index is 9.68. The Hall–Kier alpha value is -1.09. The summed E-state index contributed by atoms with van der Waals surface area (Å²) in [7, 11) is 0. The normalized spacial score (nSPS) is 27.3. The van der Waals surface area contributed by atoms with E-state index in [1.54, 1.807) is 0 Å². The Balaban J connectivity index is 2.11. The highest BCUT2D eigenvalue weighted by molar-refractivity contribution is 5.49. The molecule has 2 unspecified atom stereocenters.